The van der Waals surface area contributed by atoms with Gasteiger partial charge in [0.15, 0.2) is 0 Å². The molecular weight excluding hydrogens is 320 g/mol. The molecule has 6 heteroatoms. The molecule has 0 aliphatic carbocycles. The molecule has 2 saturated heterocycles. The maximum Gasteiger partial charge on any atom is 0.254 e. The molecule has 0 spiro atoms. The molecule has 2 aliphatic heterocycles. The molecular formula is C19H26N2O4. The molecule has 2 aliphatic rings. The van der Waals surface area contributed by atoms with Gasteiger partial charge in [0.05, 0.1) is 7.11 Å². The van der Waals surface area contributed by atoms with E-state index in [1.807, 2.05) is 24.0 Å². The highest BCUT2D eigenvalue weighted by Gasteiger charge is 2.40. The minimum atomic E-state index is -0.697. The Morgan fingerprint density at radius 2 is 1.84 bits per heavy atom. The molecule has 2 fully saturated rings. The lowest BCUT2D eigenvalue weighted by Gasteiger charge is -2.41. The Balaban J connectivity index is 1.59. The molecule has 0 unspecified atom stereocenters. The fourth-order valence-electron chi connectivity index (χ4n) is 3.49. The zero-order valence-electron chi connectivity index (χ0n) is 15.0. The van der Waals surface area contributed by atoms with Gasteiger partial charge in [0.25, 0.3) is 11.8 Å². The molecule has 2 heterocycles. The highest BCUT2D eigenvalue weighted by molar-refractivity contribution is 5.95. The summed E-state index contributed by atoms with van der Waals surface area (Å²) in [7, 11) is 1.59. The lowest BCUT2D eigenvalue weighted by Crippen LogP contribution is -2.57. The van der Waals surface area contributed by atoms with Crippen molar-refractivity contribution >= 4 is 11.8 Å². The fourth-order valence-corrected chi connectivity index (χ4v) is 3.49. The van der Waals surface area contributed by atoms with Crippen LogP contribution in [0.5, 0.6) is 5.75 Å². The van der Waals surface area contributed by atoms with Crippen molar-refractivity contribution in [3.05, 3.63) is 29.8 Å². The van der Waals surface area contributed by atoms with Crippen LogP contribution < -0.4 is 4.74 Å². The molecule has 2 amide bonds. The fraction of sp³-hybridized carbons (Fsp3) is 0.579. The summed E-state index contributed by atoms with van der Waals surface area (Å²) in [6.07, 6.45) is 2.82. The maximum atomic E-state index is 12.8. The van der Waals surface area contributed by atoms with Crippen molar-refractivity contribution in [1.29, 1.82) is 0 Å². The number of hydrogen-bond donors (Lipinski definition) is 0. The Labute approximate surface area is 148 Å². The van der Waals surface area contributed by atoms with Gasteiger partial charge in [-0.05, 0) is 44.4 Å². The lowest BCUT2D eigenvalue weighted by molar-refractivity contribution is -0.163. The molecule has 0 aromatic heterocycles. The highest BCUT2D eigenvalue weighted by atomic mass is 16.5. The Kier molecular flexibility index (Phi) is 5.27. The minimum Gasteiger partial charge on any atom is -0.497 e. The molecule has 1 aromatic rings. The number of amides is 2. The van der Waals surface area contributed by atoms with E-state index in [1.165, 1.54) is 0 Å². The van der Waals surface area contributed by atoms with Crippen LogP contribution >= 0.6 is 0 Å². The average Bonchev–Trinajstić information content (AvgIpc) is 2.67. The molecule has 3 rings (SSSR count). The van der Waals surface area contributed by atoms with Gasteiger partial charge in [-0.15, -0.1) is 0 Å². The molecule has 0 radical (unpaired) electrons. The Morgan fingerprint density at radius 3 is 2.48 bits per heavy atom. The number of rotatable bonds is 3. The Bertz CT molecular complexity index is 632. The number of methoxy groups -OCH3 is 1. The van der Waals surface area contributed by atoms with E-state index < -0.39 is 5.60 Å². The predicted molar refractivity (Wildman–Crippen MR) is 93.7 cm³/mol. The minimum absolute atomic E-state index is 0.0221. The third kappa shape index (κ3) is 3.79. The van der Waals surface area contributed by atoms with Crippen LogP contribution in [0.3, 0.4) is 0 Å². The van der Waals surface area contributed by atoms with Crippen molar-refractivity contribution in [3.63, 3.8) is 0 Å². The van der Waals surface area contributed by atoms with Crippen LogP contribution in [0.1, 0.15) is 36.5 Å². The molecule has 25 heavy (non-hydrogen) atoms. The van der Waals surface area contributed by atoms with E-state index in [2.05, 4.69) is 0 Å². The third-order valence-electron chi connectivity index (χ3n) is 5.09. The van der Waals surface area contributed by atoms with Crippen LogP contribution in [0.4, 0.5) is 0 Å². The van der Waals surface area contributed by atoms with Crippen molar-refractivity contribution < 1.29 is 19.1 Å². The summed E-state index contributed by atoms with van der Waals surface area (Å²) in [5.41, 5.74) is -0.0845. The summed E-state index contributed by atoms with van der Waals surface area (Å²) >= 11 is 0. The smallest absolute Gasteiger partial charge is 0.254 e. The molecule has 0 N–H and O–H groups in total. The topological polar surface area (TPSA) is 59.1 Å². The zero-order chi connectivity index (χ0) is 17.9. The lowest BCUT2D eigenvalue weighted by atomic mass is 9.94. The van der Waals surface area contributed by atoms with Gasteiger partial charge >= 0.3 is 0 Å². The van der Waals surface area contributed by atoms with E-state index in [1.54, 1.807) is 24.1 Å². The van der Waals surface area contributed by atoms with Crippen LogP contribution in [-0.4, -0.2) is 67.1 Å². The van der Waals surface area contributed by atoms with Crippen molar-refractivity contribution in [1.82, 2.24) is 9.80 Å². The van der Waals surface area contributed by atoms with Crippen LogP contribution in [0.25, 0.3) is 0 Å². The molecule has 0 bridgehead atoms. The van der Waals surface area contributed by atoms with E-state index in [9.17, 15) is 9.59 Å². The average molecular weight is 346 g/mol. The predicted octanol–water partition coefficient (Wildman–Crippen LogP) is 1.94. The van der Waals surface area contributed by atoms with E-state index >= 15 is 0 Å². The van der Waals surface area contributed by atoms with Crippen molar-refractivity contribution in [2.75, 3.05) is 39.9 Å². The first-order chi connectivity index (χ1) is 12.0. The first-order valence-electron chi connectivity index (χ1n) is 8.90. The second kappa shape index (κ2) is 7.44. The van der Waals surface area contributed by atoms with Gasteiger partial charge in [-0.25, -0.2) is 0 Å². The second-order valence-electron chi connectivity index (χ2n) is 6.85. The van der Waals surface area contributed by atoms with Crippen LogP contribution in [-0.2, 0) is 9.53 Å². The van der Waals surface area contributed by atoms with Crippen molar-refractivity contribution in [3.8, 4) is 5.75 Å². The number of ether oxygens (including phenoxy) is 2. The van der Waals surface area contributed by atoms with Crippen molar-refractivity contribution in [2.45, 2.75) is 31.8 Å². The Morgan fingerprint density at radius 1 is 1.12 bits per heavy atom. The van der Waals surface area contributed by atoms with Crippen molar-refractivity contribution in [2.24, 2.45) is 0 Å². The molecule has 0 saturated carbocycles. The van der Waals surface area contributed by atoms with Gasteiger partial charge in [-0.2, -0.15) is 0 Å². The number of piperazine rings is 1. The summed E-state index contributed by atoms with van der Waals surface area (Å²) in [6.45, 7) is 4.72. The van der Waals surface area contributed by atoms with Crippen LogP contribution in [0.2, 0.25) is 0 Å². The zero-order valence-corrected chi connectivity index (χ0v) is 15.0. The highest BCUT2D eigenvalue weighted by Crippen LogP contribution is 2.27. The molecule has 1 atom stereocenters. The van der Waals surface area contributed by atoms with Gasteiger partial charge in [0.2, 0.25) is 0 Å². The quantitative estimate of drug-likeness (QED) is 0.839. The first kappa shape index (κ1) is 17.7. The Hall–Kier alpha value is -2.08. The number of nitrogens with zero attached hydrogens (tertiary/aromatic N) is 2. The number of carbonyl (C=O) groups is 2. The number of carbonyl (C=O) groups excluding carboxylic acids is 2. The van der Waals surface area contributed by atoms with Gasteiger partial charge in [0.1, 0.15) is 11.4 Å². The van der Waals surface area contributed by atoms with Crippen LogP contribution in [0.15, 0.2) is 24.3 Å². The SMILES string of the molecule is COc1cccc(C(=O)N2CCN(C(=O)[C@]3(C)CCCCO3)CC2)c1. The van der Waals surface area contributed by atoms with Gasteiger partial charge in [-0.3, -0.25) is 9.59 Å². The summed E-state index contributed by atoms with van der Waals surface area (Å²) in [5, 5.41) is 0. The van der Waals surface area contributed by atoms with E-state index in [-0.39, 0.29) is 11.8 Å². The summed E-state index contributed by atoms with van der Waals surface area (Å²) in [6, 6.07) is 7.17. The summed E-state index contributed by atoms with van der Waals surface area (Å²) in [5.74, 6) is 0.703. The molecule has 136 valence electrons. The third-order valence-corrected chi connectivity index (χ3v) is 5.09. The van der Waals surface area contributed by atoms with Gasteiger partial charge in [0, 0.05) is 38.3 Å². The van der Waals surface area contributed by atoms with Gasteiger partial charge < -0.3 is 19.3 Å². The molecule has 1 aromatic carbocycles. The normalized spacial score (nSPS) is 24.1. The molecule has 6 nitrogen and oxygen atoms in total. The number of hydrogen-bond acceptors (Lipinski definition) is 4. The maximum absolute atomic E-state index is 12.8. The van der Waals surface area contributed by atoms with Crippen LogP contribution in [0, 0.1) is 0 Å². The largest absolute Gasteiger partial charge is 0.497 e. The van der Waals surface area contributed by atoms with E-state index in [4.69, 9.17) is 9.47 Å². The van der Waals surface area contributed by atoms with Gasteiger partial charge in [-0.1, -0.05) is 6.07 Å². The number of benzene rings is 1. The first-order valence-corrected chi connectivity index (χ1v) is 8.90. The summed E-state index contributed by atoms with van der Waals surface area (Å²) < 4.78 is 10.9. The summed E-state index contributed by atoms with van der Waals surface area (Å²) in [4.78, 5) is 29.1. The monoisotopic (exact) mass is 346 g/mol. The standard InChI is InChI=1S/C19H26N2O4/c1-19(8-3-4-13-25-19)18(23)21-11-9-20(10-12-21)17(22)15-6-5-7-16(14-15)24-2/h5-7,14H,3-4,8-13H2,1-2H3/t19-/m0/s1. The second-order valence-corrected chi connectivity index (χ2v) is 6.85. The van der Waals surface area contributed by atoms with E-state index in [0.717, 1.165) is 19.3 Å². The van der Waals surface area contributed by atoms with E-state index in [0.29, 0.717) is 44.1 Å².